The Labute approximate surface area is 125 Å². The Hall–Kier alpha value is -2.54. The molecular weight excluding hydrogens is 284 g/mol. The molecule has 0 unspecified atom stereocenters. The minimum atomic E-state index is -0.674. The SMILES string of the molecule is Cc1cc2nc3c(=O)n(CCO)c(=O)nc-3n(C)c2cc1C. The van der Waals surface area contributed by atoms with Gasteiger partial charge in [0.05, 0.1) is 24.2 Å². The zero-order chi connectivity index (χ0) is 16.0. The Balaban J connectivity index is 2.50. The highest BCUT2D eigenvalue weighted by Crippen LogP contribution is 2.22. The van der Waals surface area contributed by atoms with E-state index < -0.39 is 11.2 Å². The monoisotopic (exact) mass is 300 g/mol. The van der Waals surface area contributed by atoms with Gasteiger partial charge in [0.2, 0.25) is 0 Å². The van der Waals surface area contributed by atoms with Crippen molar-refractivity contribution in [3.8, 4) is 11.5 Å². The first-order valence-corrected chi connectivity index (χ1v) is 6.93. The first-order chi connectivity index (χ1) is 10.4. The van der Waals surface area contributed by atoms with Crippen molar-refractivity contribution in [2.75, 3.05) is 6.61 Å². The average Bonchev–Trinajstić information content (AvgIpc) is 2.47. The maximum Gasteiger partial charge on any atom is 0.352 e. The van der Waals surface area contributed by atoms with Gasteiger partial charge in [-0.15, -0.1) is 0 Å². The van der Waals surface area contributed by atoms with Crippen molar-refractivity contribution in [2.24, 2.45) is 7.05 Å². The Morgan fingerprint density at radius 1 is 1.14 bits per heavy atom. The number of nitrogens with zero attached hydrogens (tertiary/aromatic N) is 4. The number of aliphatic hydroxyl groups excluding tert-OH is 1. The van der Waals surface area contributed by atoms with Gasteiger partial charge in [-0.25, -0.2) is 9.78 Å². The molecule has 2 heterocycles. The highest BCUT2D eigenvalue weighted by Gasteiger charge is 2.20. The maximum atomic E-state index is 12.4. The molecule has 3 rings (SSSR count). The number of rotatable bonds is 2. The lowest BCUT2D eigenvalue weighted by atomic mass is 10.1. The van der Waals surface area contributed by atoms with Gasteiger partial charge in [-0.05, 0) is 37.1 Å². The van der Waals surface area contributed by atoms with Gasteiger partial charge < -0.3 is 9.67 Å². The third-order valence-electron chi connectivity index (χ3n) is 3.92. The van der Waals surface area contributed by atoms with Gasteiger partial charge in [0.1, 0.15) is 0 Å². The molecule has 0 saturated heterocycles. The van der Waals surface area contributed by atoms with E-state index in [-0.39, 0.29) is 24.7 Å². The largest absolute Gasteiger partial charge is 0.395 e. The molecule has 0 atom stereocenters. The van der Waals surface area contributed by atoms with Crippen LogP contribution in [0, 0.1) is 13.8 Å². The van der Waals surface area contributed by atoms with Crippen molar-refractivity contribution in [1.82, 2.24) is 19.1 Å². The van der Waals surface area contributed by atoms with Crippen LogP contribution in [0.2, 0.25) is 0 Å². The van der Waals surface area contributed by atoms with Crippen LogP contribution in [0.3, 0.4) is 0 Å². The molecule has 0 bridgehead atoms. The normalized spacial score (nSPS) is 11.5. The van der Waals surface area contributed by atoms with Crippen LogP contribution in [0.15, 0.2) is 21.7 Å². The molecule has 0 aromatic heterocycles. The summed E-state index contributed by atoms with van der Waals surface area (Å²) in [6.45, 7) is 3.58. The third kappa shape index (κ3) is 2.01. The predicted molar refractivity (Wildman–Crippen MR) is 82.2 cm³/mol. The van der Waals surface area contributed by atoms with E-state index in [1.807, 2.05) is 26.0 Å². The lowest BCUT2D eigenvalue weighted by molar-refractivity contribution is 0.271. The molecule has 0 aliphatic carbocycles. The molecule has 7 heteroatoms. The van der Waals surface area contributed by atoms with Crippen LogP contribution < -0.4 is 11.2 Å². The van der Waals surface area contributed by atoms with Crippen LogP contribution in [0.1, 0.15) is 11.1 Å². The zero-order valence-electron chi connectivity index (χ0n) is 12.6. The summed E-state index contributed by atoms with van der Waals surface area (Å²) in [5.74, 6) is 0.250. The lowest BCUT2D eigenvalue weighted by Crippen LogP contribution is -2.39. The number of aliphatic hydroxyl groups is 1. The van der Waals surface area contributed by atoms with Gasteiger partial charge in [-0.2, -0.15) is 4.98 Å². The fourth-order valence-electron chi connectivity index (χ4n) is 2.52. The Kier molecular flexibility index (Phi) is 3.29. The van der Waals surface area contributed by atoms with E-state index in [2.05, 4.69) is 9.97 Å². The van der Waals surface area contributed by atoms with Crippen LogP contribution in [0.4, 0.5) is 0 Å². The van der Waals surface area contributed by atoms with E-state index >= 15 is 0 Å². The van der Waals surface area contributed by atoms with Gasteiger partial charge in [0.15, 0.2) is 11.5 Å². The number of hydrogen-bond acceptors (Lipinski definition) is 5. The van der Waals surface area contributed by atoms with Crippen molar-refractivity contribution in [1.29, 1.82) is 0 Å². The molecule has 0 amide bonds. The highest BCUT2D eigenvalue weighted by atomic mass is 16.3. The molecule has 22 heavy (non-hydrogen) atoms. The summed E-state index contributed by atoms with van der Waals surface area (Å²) in [5.41, 5.74) is 2.58. The summed E-state index contributed by atoms with van der Waals surface area (Å²) in [4.78, 5) is 32.7. The molecule has 0 radical (unpaired) electrons. The molecule has 1 N–H and O–H groups in total. The highest BCUT2D eigenvalue weighted by molar-refractivity contribution is 5.80. The lowest BCUT2D eigenvalue weighted by Gasteiger charge is -2.15. The summed E-state index contributed by atoms with van der Waals surface area (Å²) < 4.78 is 2.61. The van der Waals surface area contributed by atoms with Gasteiger partial charge >= 0.3 is 5.69 Å². The summed E-state index contributed by atoms with van der Waals surface area (Å²) in [7, 11) is 1.75. The van der Waals surface area contributed by atoms with Gasteiger partial charge in [-0.1, -0.05) is 0 Å². The first-order valence-electron chi connectivity index (χ1n) is 6.93. The summed E-state index contributed by atoms with van der Waals surface area (Å²) in [6.07, 6.45) is 0. The van der Waals surface area contributed by atoms with Crippen LogP contribution in [0.5, 0.6) is 0 Å². The van der Waals surface area contributed by atoms with E-state index in [0.717, 1.165) is 21.2 Å². The standard InChI is InChI=1S/C15H16N4O3/c1-8-6-10-11(7-9(8)2)18(3)13-12(16-10)14(21)19(4-5-20)15(22)17-13/h6-7,20H,4-5H2,1-3H3. The predicted octanol–water partition coefficient (Wildman–Crippen LogP) is 0.204. The van der Waals surface area contributed by atoms with E-state index in [4.69, 9.17) is 5.11 Å². The van der Waals surface area contributed by atoms with Gasteiger partial charge in [0, 0.05) is 7.05 Å². The maximum absolute atomic E-state index is 12.4. The fourth-order valence-corrected chi connectivity index (χ4v) is 2.52. The minimum absolute atomic E-state index is 0.0863. The molecule has 2 aliphatic rings. The quantitative estimate of drug-likeness (QED) is 0.683. The summed E-state index contributed by atoms with van der Waals surface area (Å²) >= 11 is 0. The van der Waals surface area contributed by atoms with Crippen molar-refractivity contribution >= 4 is 11.0 Å². The third-order valence-corrected chi connectivity index (χ3v) is 3.92. The van der Waals surface area contributed by atoms with Crippen LogP contribution in [0.25, 0.3) is 22.6 Å². The second kappa shape index (κ2) is 5.03. The molecular formula is C15H16N4O3. The Bertz CT molecular complexity index is 971. The zero-order valence-corrected chi connectivity index (χ0v) is 12.6. The summed E-state index contributed by atoms with van der Waals surface area (Å²) in [6, 6.07) is 3.87. The molecule has 1 aromatic carbocycles. The van der Waals surface area contributed by atoms with E-state index in [9.17, 15) is 9.59 Å². The van der Waals surface area contributed by atoms with Gasteiger partial charge in [-0.3, -0.25) is 9.36 Å². The van der Waals surface area contributed by atoms with Crippen molar-refractivity contribution in [2.45, 2.75) is 20.4 Å². The minimum Gasteiger partial charge on any atom is -0.395 e. The van der Waals surface area contributed by atoms with E-state index in [1.165, 1.54) is 0 Å². The number of hydrogen-bond donors (Lipinski definition) is 1. The first kappa shape index (κ1) is 14.4. The van der Waals surface area contributed by atoms with Gasteiger partial charge in [0.25, 0.3) is 5.56 Å². The number of benzene rings is 1. The molecule has 114 valence electrons. The topological polar surface area (TPSA) is 90.0 Å². The summed E-state index contributed by atoms with van der Waals surface area (Å²) in [5, 5.41) is 8.98. The van der Waals surface area contributed by atoms with Crippen molar-refractivity contribution < 1.29 is 5.11 Å². The van der Waals surface area contributed by atoms with Crippen molar-refractivity contribution in [3.63, 3.8) is 0 Å². The van der Waals surface area contributed by atoms with E-state index in [0.29, 0.717) is 5.52 Å². The molecule has 0 saturated carbocycles. The molecule has 0 spiro atoms. The number of aryl methyl sites for hydroxylation is 3. The average molecular weight is 300 g/mol. The Morgan fingerprint density at radius 2 is 1.82 bits per heavy atom. The van der Waals surface area contributed by atoms with Crippen LogP contribution in [-0.4, -0.2) is 30.8 Å². The Morgan fingerprint density at radius 3 is 2.50 bits per heavy atom. The second-order valence-electron chi connectivity index (χ2n) is 5.34. The number of fused-ring (bicyclic) bond motifs is 2. The van der Waals surface area contributed by atoms with Crippen molar-refractivity contribution in [3.05, 3.63) is 44.1 Å². The molecule has 2 aliphatic heterocycles. The number of aromatic nitrogens is 4. The fraction of sp³-hybridized carbons (Fsp3) is 0.333. The molecule has 7 nitrogen and oxygen atoms in total. The van der Waals surface area contributed by atoms with E-state index in [1.54, 1.807) is 11.6 Å². The van der Waals surface area contributed by atoms with Crippen LogP contribution >= 0.6 is 0 Å². The second-order valence-corrected chi connectivity index (χ2v) is 5.34. The smallest absolute Gasteiger partial charge is 0.352 e. The molecule has 1 aromatic rings. The molecule has 0 fully saturated rings. The van der Waals surface area contributed by atoms with Crippen LogP contribution in [-0.2, 0) is 13.6 Å².